The second-order valence-electron chi connectivity index (χ2n) is 5.89. The van der Waals surface area contributed by atoms with Gasteiger partial charge in [-0.2, -0.15) is 0 Å². The van der Waals surface area contributed by atoms with Gasteiger partial charge in [-0.3, -0.25) is 0 Å². The lowest BCUT2D eigenvalue weighted by atomic mass is 9.87. The van der Waals surface area contributed by atoms with Gasteiger partial charge in [-0.05, 0) is 54.6 Å². The Morgan fingerprint density at radius 3 is 2.57 bits per heavy atom. The van der Waals surface area contributed by atoms with Crippen LogP contribution in [0.3, 0.4) is 0 Å². The van der Waals surface area contributed by atoms with Gasteiger partial charge in [-0.1, -0.05) is 24.3 Å². The number of aromatic hydroxyl groups is 1. The largest absolute Gasteiger partial charge is 0.508 e. The quantitative estimate of drug-likeness (QED) is 0.819. The van der Waals surface area contributed by atoms with E-state index in [1.807, 2.05) is 12.1 Å². The SMILES string of the molecule is CSc1ccc(COC2CNCCC2c2ccc(O)cc2)cc1. The molecule has 0 saturated carbocycles. The Balaban J connectivity index is 1.65. The number of hydrogen-bond donors (Lipinski definition) is 2. The number of benzene rings is 2. The van der Waals surface area contributed by atoms with Gasteiger partial charge in [0, 0.05) is 17.4 Å². The number of phenols is 1. The average molecular weight is 329 g/mol. The first-order valence-corrected chi connectivity index (χ1v) is 9.23. The van der Waals surface area contributed by atoms with E-state index in [9.17, 15) is 5.11 Å². The zero-order chi connectivity index (χ0) is 16.1. The van der Waals surface area contributed by atoms with Crippen molar-refractivity contribution in [3.8, 4) is 5.75 Å². The Bertz CT molecular complexity index is 612. The van der Waals surface area contributed by atoms with E-state index in [-0.39, 0.29) is 6.10 Å². The van der Waals surface area contributed by atoms with Gasteiger partial charge in [0.15, 0.2) is 0 Å². The lowest BCUT2D eigenvalue weighted by Gasteiger charge is -2.32. The van der Waals surface area contributed by atoms with Crippen molar-refractivity contribution < 1.29 is 9.84 Å². The summed E-state index contributed by atoms with van der Waals surface area (Å²) in [6, 6.07) is 16.1. The molecule has 1 aliphatic rings. The van der Waals surface area contributed by atoms with Crippen molar-refractivity contribution in [2.45, 2.75) is 29.9 Å². The van der Waals surface area contributed by atoms with Gasteiger partial charge in [-0.25, -0.2) is 0 Å². The van der Waals surface area contributed by atoms with Gasteiger partial charge in [0.25, 0.3) is 0 Å². The molecule has 122 valence electrons. The fourth-order valence-corrected chi connectivity index (χ4v) is 3.44. The maximum Gasteiger partial charge on any atom is 0.115 e. The molecular formula is C19H23NO2S. The van der Waals surface area contributed by atoms with Gasteiger partial charge >= 0.3 is 0 Å². The minimum absolute atomic E-state index is 0.161. The van der Waals surface area contributed by atoms with Crippen molar-refractivity contribution >= 4 is 11.8 Å². The molecule has 0 amide bonds. The topological polar surface area (TPSA) is 41.5 Å². The molecule has 1 saturated heterocycles. The van der Waals surface area contributed by atoms with E-state index in [0.29, 0.717) is 18.3 Å². The number of phenolic OH excluding ortho intramolecular Hbond substituents is 1. The highest BCUT2D eigenvalue weighted by atomic mass is 32.2. The zero-order valence-electron chi connectivity index (χ0n) is 13.4. The summed E-state index contributed by atoms with van der Waals surface area (Å²) in [5, 5.41) is 12.9. The Labute approximate surface area is 142 Å². The Morgan fingerprint density at radius 1 is 1.13 bits per heavy atom. The van der Waals surface area contributed by atoms with Gasteiger partial charge in [0.1, 0.15) is 5.75 Å². The molecular weight excluding hydrogens is 306 g/mol. The summed E-state index contributed by atoms with van der Waals surface area (Å²) in [5.41, 5.74) is 2.45. The third-order valence-corrected chi connectivity index (χ3v) is 5.11. The van der Waals surface area contributed by atoms with Crippen LogP contribution in [-0.2, 0) is 11.3 Å². The van der Waals surface area contributed by atoms with Gasteiger partial charge < -0.3 is 15.2 Å². The predicted octanol–water partition coefficient (Wildman–Crippen LogP) is 3.78. The van der Waals surface area contributed by atoms with E-state index in [0.717, 1.165) is 19.5 Å². The fraction of sp³-hybridized carbons (Fsp3) is 0.368. The highest BCUT2D eigenvalue weighted by Crippen LogP contribution is 2.29. The van der Waals surface area contributed by atoms with Crippen LogP contribution in [0.2, 0.25) is 0 Å². The number of nitrogens with one attached hydrogen (secondary N) is 1. The minimum Gasteiger partial charge on any atom is -0.508 e. The van der Waals surface area contributed by atoms with Crippen molar-refractivity contribution in [1.82, 2.24) is 5.32 Å². The van der Waals surface area contributed by atoms with E-state index in [1.165, 1.54) is 16.0 Å². The van der Waals surface area contributed by atoms with Crippen LogP contribution in [0.1, 0.15) is 23.5 Å². The number of thioether (sulfide) groups is 1. The first kappa shape index (κ1) is 16.4. The monoisotopic (exact) mass is 329 g/mol. The molecule has 2 aromatic rings. The van der Waals surface area contributed by atoms with E-state index in [2.05, 4.69) is 35.8 Å². The van der Waals surface area contributed by atoms with E-state index in [4.69, 9.17) is 4.74 Å². The zero-order valence-corrected chi connectivity index (χ0v) is 14.2. The molecule has 0 bridgehead atoms. The second-order valence-corrected chi connectivity index (χ2v) is 6.77. The van der Waals surface area contributed by atoms with Crippen molar-refractivity contribution in [3.05, 3.63) is 59.7 Å². The van der Waals surface area contributed by atoms with Crippen molar-refractivity contribution in [3.63, 3.8) is 0 Å². The van der Waals surface area contributed by atoms with Crippen LogP contribution in [-0.4, -0.2) is 30.6 Å². The minimum atomic E-state index is 0.161. The first-order chi connectivity index (χ1) is 11.3. The van der Waals surface area contributed by atoms with Crippen LogP contribution in [0.5, 0.6) is 5.75 Å². The molecule has 1 heterocycles. The van der Waals surface area contributed by atoms with Crippen LogP contribution in [0.25, 0.3) is 0 Å². The molecule has 2 N–H and O–H groups in total. The van der Waals surface area contributed by atoms with Crippen LogP contribution in [0.4, 0.5) is 0 Å². The van der Waals surface area contributed by atoms with Crippen molar-refractivity contribution in [1.29, 1.82) is 0 Å². The van der Waals surface area contributed by atoms with Crippen LogP contribution >= 0.6 is 11.8 Å². The molecule has 23 heavy (non-hydrogen) atoms. The van der Waals surface area contributed by atoms with Gasteiger partial charge in [0.05, 0.1) is 12.7 Å². The molecule has 0 aromatic heterocycles. The summed E-state index contributed by atoms with van der Waals surface area (Å²) in [6.07, 6.45) is 3.30. The molecule has 0 aliphatic carbocycles. The summed E-state index contributed by atoms with van der Waals surface area (Å²) in [4.78, 5) is 1.27. The summed E-state index contributed by atoms with van der Waals surface area (Å²) in [7, 11) is 0. The molecule has 3 nitrogen and oxygen atoms in total. The highest BCUT2D eigenvalue weighted by molar-refractivity contribution is 7.98. The van der Waals surface area contributed by atoms with E-state index < -0.39 is 0 Å². The van der Waals surface area contributed by atoms with E-state index >= 15 is 0 Å². The lowest BCUT2D eigenvalue weighted by Crippen LogP contribution is -2.40. The number of ether oxygens (including phenoxy) is 1. The fourth-order valence-electron chi connectivity index (χ4n) is 3.03. The van der Waals surface area contributed by atoms with E-state index in [1.54, 1.807) is 23.9 Å². The van der Waals surface area contributed by atoms with Gasteiger partial charge in [0.2, 0.25) is 0 Å². The molecule has 0 spiro atoms. The molecule has 2 aromatic carbocycles. The summed E-state index contributed by atoms with van der Waals surface area (Å²) in [5.74, 6) is 0.691. The normalized spacial score (nSPS) is 21.3. The summed E-state index contributed by atoms with van der Waals surface area (Å²) < 4.78 is 6.21. The van der Waals surface area contributed by atoms with Crippen LogP contribution in [0.15, 0.2) is 53.4 Å². The molecule has 1 aliphatic heterocycles. The standard InChI is InChI=1S/C19H23NO2S/c1-23-17-8-2-14(3-9-17)13-22-19-12-20-11-10-18(19)15-4-6-16(21)7-5-15/h2-9,18-21H,10-13H2,1H3. The van der Waals surface area contributed by atoms with Crippen molar-refractivity contribution in [2.75, 3.05) is 19.3 Å². The molecule has 2 unspecified atom stereocenters. The van der Waals surface area contributed by atoms with Crippen LogP contribution < -0.4 is 5.32 Å². The Hall–Kier alpha value is -1.49. The Morgan fingerprint density at radius 2 is 1.87 bits per heavy atom. The molecule has 1 fully saturated rings. The third-order valence-electron chi connectivity index (χ3n) is 4.37. The summed E-state index contributed by atoms with van der Waals surface area (Å²) in [6.45, 7) is 2.51. The molecule has 0 radical (unpaired) electrons. The smallest absolute Gasteiger partial charge is 0.115 e. The van der Waals surface area contributed by atoms with Crippen molar-refractivity contribution in [2.24, 2.45) is 0 Å². The lowest BCUT2D eigenvalue weighted by molar-refractivity contribution is 0.0106. The summed E-state index contributed by atoms with van der Waals surface area (Å²) >= 11 is 1.75. The highest BCUT2D eigenvalue weighted by Gasteiger charge is 2.27. The maximum absolute atomic E-state index is 9.47. The average Bonchev–Trinajstić information content (AvgIpc) is 2.61. The molecule has 3 rings (SSSR count). The number of piperidine rings is 1. The maximum atomic E-state index is 9.47. The van der Waals surface area contributed by atoms with Gasteiger partial charge in [-0.15, -0.1) is 11.8 Å². The molecule has 2 atom stereocenters. The third kappa shape index (κ3) is 4.28. The van der Waals surface area contributed by atoms with Crippen LogP contribution in [0, 0.1) is 0 Å². The second kappa shape index (κ2) is 7.86. The number of hydrogen-bond acceptors (Lipinski definition) is 4. The Kier molecular flexibility index (Phi) is 5.60. The molecule has 4 heteroatoms. The first-order valence-electron chi connectivity index (χ1n) is 8.00. The predicted molar refractivity (Wildman–Crippen MR) is 95.1 cm³/mol. The number of rotatable bonds is 5.